The van der Waals surface area contributed by atoms with E-state index in [1.54, 1.807) is 67.6 Å². The van der Waals surface area contributed by atoms with Gasteiger partial charge in [-0.05, 0) is 55.3 Å². The van der Waals surface area contributed by atoms with Gasteiger partial charge >= 0.3 is 18.0 Å². The van der Waals surface area contributed by atoms with Crippen LogP contribution in [0.3, 0.4) is 0 Å². The van der Waals surface area contributed by atoms with Gasteiger partial charge in [0.15, 0.2) is 0 Å². The fourth-order valence-electron chi connectivity index (χ4n) is 6.17. The number of hydrogen-bond acceptors (Lipinski definition) is 9. The maximum atomic E-state index is 13.9. The van der Waals surface area contributed by atoms with Crippen molar-refractivity contribution in [3.63, 3.8) is 0 Å². The Bertz CT molecular complexity index is 2170. The van der Waals surface area contributed by atoms with Gasteiger partial charge in [-0.3, -0.25) is 24.2 Å². The van der Waals surface area contributed by atoms with Crippen molar-refractivity contribution < 1.29 is 43.7 Å². The average molecular weight is 720 g/mol. The first kappa shape index (κ1) is 36.2. The molecule has 6 rings (SSSR count). The molecule has 2 atom stereocenters. The van der Waals surface area contributed by atoms with E-state index >= 15 is 0 Å². The molecule has 14 nitrogen and oxygen atoms in total. The molecular formula is C39H37N5O9. The number of ether oxygens (including phenoxy) is 2. The molecule has 1 fully saturated rings. The largest absolute Gasteiger partial charge is 0.481 e. The summed E-state index contributed by atoms with van der Waals surface area (Å²) in [5, 5.41) is 23.8. The predicted molar refractivity (Wildman–Crippen MR) is 193 cm³/mol. The summed E-state index contributed by atoms with van der Waals surface area (Å²) in [5.74, 6) is -4.27. The van der Waals surface area contributed by atoms with Crippen molar-refractivity contribution in [3.05, 3.63) is 108 Å². The molecule has 53 heavy (non-hydrogen) atoms. The molecule has 0 saturated carbocycles. The third kappa shape index (κ3) is 8.50. The van der Waals surface area contributed by atoms with E-state index in [1.807, 2.05) is 30.3 Å². The van der Waals surface area contributed by atoms with Crippen LogP contribution in [0.5, 0.6) is 11.6 Å². The third-order valence-electron chi connectivity index (χ3n) is 8.89. The van der Waals surface area contributed by atoms with Crippen molar-refractivity contribution in [3.8, 4) is 11.6 Å². The molecule has 0 bridgehead atoms. The van der Waals surface area contributed by atoms with Crippen LogP contribution >= 0.6 is 0 Å². The van der Waals surface area contributed by atoms with Gasteiger partial charge in [0.05, 0.1) is 23.3 Å². The number of hydrogen-bond donors (Lipinski definition) is 3. The van der Waals surface area contributed by atoms with Crippen LogP contribution in [0.4, 0.5) is 4.79 Å². The quantitative estimate of drug-likeness (QED) is 0.156. The van der Waals surface area contributed by atoms with Crippen LogP contribution in [0.2, 0.25) is 0 Å². The molecule has 5 aromatic rings. The topological polar surface area (TPSA) is 189 Å². The first-order valence-corrected chi connectivity index (χ1v) is 17.1. The van der Waals surface area contributed by atoms with Crippen molar-refractivity contribution in [1.29, 1.82) is 0 Å². The van der Waals surface area contributed by atoms with Crippen LogP contribution in [0.15, 0.2) is 91.0 Å². The number of carboxylic acids is 2. The lowest BCUT2D eigenvalue weighted by Crippen LogP contribution is -2.56. The average Bonchev–Trinajstić information content (AvgIpc) is 3.16. The highest BCUT2D eigenvalue weighted by molar-refractivity contribution is 6.02. The molecule has 0 spiro atoms. The lowest BCUT2D eigenvalue weighted by atomic mass is 9.94. The highest BCUT2D eigenvalue weighted by Crippen LogP contribution is 2.31. The van der Waals surface area contributed by atoms with Gasteiger partial charge in [-0.15, -0.1) is 0 Å². The molecule has 0 radical (unpaired) electrons. The van der Waals surface area contributed by atoms with Crippen molar-refractivity contribution in [2.75, 3.05) is 32.8 Å². The number of carbonyl (C=O) groups is 5. The highest BCUT2D eigenvalue weighted by Gasteiger charge is 2.32. The van der Waals surface area contributed by atoms with Gasteiger partial charge in [0.25, 0.3) is 5.91 Å². The van der Waals surface area contributed by atoms with Crippen LogP contribution in [0.1, 0.15) is 47.3 Å². The number of rotatable bonds is 12. The minimum absolute atomic E-state index is 0.00296. The van der Waals surface area contributed by atoms with Crippen molar-refractivity contribution in [2.24, 2.45) is 0 Å². The number of para-hydroxylation sites is 2. The Hall–Kier alpha value is -6.57. The second kappa shape index (κ2) is 16.2. The number of benzene rings is 3. The maximum Gasteiger partial charge on any atom is 0.409 e. The first-order chi connectivity index (χ1) is 25.6. The van der Waals surface area contributed by atoms with Gasteiger partial charge in [-0.2, -0.15) is 0 Å². The van der Waals surface area contributed by atoms with Crippen LogP contribution in [0.25, 0.3) is 21.8 Å². The summed E-state index contributed by atoms with van der Waals surface area (Å²) < 4.78 is 11.2. The van der Waals surface area contributed by atoms with Crippen LogP contribution < -0.4 is 10.1 Å². The fourth-order valence-corrected chi connectivity index (χ4v) is 6.17. The monoisotopic (exact) mass is 719 g/mol. The van der Waals surface area contributed by atoms with Gasteiger partial charge in [-0.1, -0.05) is 54.6 Å². The Morgan fingerprint density at radius 1 is 0.792 bits per heavy atom. The van der Waals surface area contributed by atoms with Crippen molar-refractivity contribution in [1.82, 2.24) is 25.1 Å². The molecule has 2 unspecified atom stereocenters. The van der Waals surface area contributed by atoms with E-state index in [9.17, 15) is 34.2 Å². The third-order valence-corrected chi connectivity index (χ3v) is 8.89. The second-order valence-electron chi connectivity index (χ2n) is 12.4. The maximum absolute atomic E-state index is 13.9. The number of piperazine rings is 1. The van der Waals surface area contributed by atoms with Crippen molar-refractivity contribution >= 4 is 51.7 Å². The smallest absolute Gasteiger partial charge is 0.409 e. The lowest BCUT2D eigenvalue weighted by molar-refractivity contribution is -0.139. The number of aromatic nitrogens is 2. The summed E-state index contributed by atoms with van der Waals surface area (Å²) in [6, 6.07) is 24.8. The molecule has 2 aromatic heterocycles. The van der Waals surface area contributed by atoms with Gasteiger partial charge < -0.3 is 34.8 Å². The normalized spacial score (nSPS) is 14.0. The number of nitrogens with one attached hydrogen (secondary N) is 1. The minimum atomic E-state index is -1.19. The van der Waals surface area contributed by atoms with Crippen LogP contribution in [-0.4, -0.2) is 98.7 Å². The Kier molecular flexibility index (Phi) is 11.1. The summed E-state index contributed by atoms with van der Waals surface area (Å²) in [6.45, 7) is 2.73. The number of amides is 3. The molecule has 0 aliphatic carbocycles. The molecule has 3 aromatic carbocycles. The SMILES string of the molecule is CCOC(=O)N1CCN(C(=O)C(CCC(=O)O)NC(=O)c2cc3ccccc3nc2Oc2ccc(C(C(=O)O)c3ccc4ccccc4n3)cc2)CC1. The number of carboxylic acid groups (broad SMARTS) is 2. The minimum Gasteiger partial charge on any atom is -0.481 e. The number of fused-ring (bicyclic) bond motifs is 2. The zero-order chi connectivity index (χ0) is 37.5. The van der Waals surface area contributed by atoms with Gasteiger partial charge in [0, 0.05) is 43.4 Å². The predicted octanol–water partition coefficient (Wildman–Crippen LogP) is 5.06. The summed E-state index contributed by atoms with van der Waals surface area (Å²) in [7, 11) is 0. The van der Waals surface area contributed by atoms with Gasteiger partial charge in [0.1, 0.15) is 23.3 Å². The van der Waals surface area contributed by atoms with E-state index in [4.69, 9.17) is 9.47 Å². The molecule has 14 heteroatoms. The summed E-state index contributed by atoms with van der Waals surface area (Å²) >= 11 is 0. The zero-order valence-electron chi connectivity index (χ0n) is 28.8. The highest BCUT2D eigenvalue weighted by atomic mass is 16.6. The first-order valence-electron chi connectivity index (χ1n) is 17.1. The molecule has 3 N–H and O–H groups in total. The zero-order valence-corrected chi connectivity index (χ0v) is 28.8. The van der Waals surface area contributed by atoms with Crippen LogP contribution in [-0.2, 0) is 19.1 Å². The Balaban J connectivity index is 1.24. The molecule has 1 saturated heterocycles. The van der Waals surface area contributed by atoms with E-state index in [2.05, 4.69) is 15.3 Å². The number of aliphatic carboxylic acids is 2. The van der Waals surface area contributed by atoms with Gasteiger partial charge in [-0.25, -0.2) is 9.78 Å². The molecular weight excluding hydrogens is 682 g/mol. The second-order valence-corrected chi connectivity index (χ2v) is 12.4. The van der Waals surface area contributed by atoms with E-state index in [-0.39, 0.29) is 62.8 Å². The molecule has 1 aliphatic heterocycles. The molecule has 3 heterocycles. The Morgan fingerprint density at radius 3 is 2.09 bits per heavy atom. The number of carbonyl (C=O) groups excluding carboxylic acids is 3. The summed E-state index contributed by atoms with van der Waals surface area (Å²) in [6.07, 6.45) is -1.03. The Labute approximate surface area is 304 Å². The molecule has 272 valence electrons. The fraction of sp³-hybridized carbons (Fsp3) is 0.256. The van der Waals surface area contributed by atoms with Gasteiger partial charge in [0.2, 0.25) is 11.8 Å². The summed E-state index contributed by atoms with van der Waals surface area (Å²) in [4.78, 5) is 75.8. The van der Waals surface area contributed by atoms with E-state index in [0.29, 0.717) is 27.7 Å². The number of pyridine rings is 2. The standard InChI is InChI=1S/C39H37N5O9/c1-2-52-39(51)44-21-19-43(20-22-44)37(48)32(17-18-33(45)46)41-35(47)28-23-26-8-4-6-10-30(26)42-36(28)53-27-14-11-25(12-15-27)34(38(49)50)31-16-13-24-7-3-5-9-29(24)40-31/h3-16,23,32,34H,2,17-22H2,1H3,(H,41,47)(H,45,46)(H,49,50). The van der Waals surface area contributed by atoms with E-state index in [0.717, 1.165) is 5.39 Å². The molecule has 3 amide bonds. The van der Waals surface area contributed by atoms with Crippen molar-refractivity contribution in [2.45, 2.75) is 31.7 Å². The van der Waals surface area contributed by atoms with E-state index < -0.39 is 41.8 Å². The Morgan fingerprint density at radius 2 is 1.43 bits per heavy atom. The van der Waals surface area contributed by atoms with Crippen LogP contribution in [0, 0.1) is 0 Å². The van der Waals surface area contributed by atoms with E-state index in [1.165, 1.54) is 9.80 Å². The summed E-state index contributed by atoms with van der Waals surface area (Å²) in [5.41, 5.74) is 2.03. The molecule has 1 aliphatic rings. The number of nitrogens with zero attached hydrogens (tertiary/aromatic N) is 4. The lowest BCUT2D eigenvalue weighted by Gasteiger charge is -2.36.